The molecular formula is C18H23N3O3S. The van der Waals surface area contributed by atoms with Crippen LogP contribution >= 0.6 is 11.3 Å². The first-order chi connectivity index (χ1) is 11.8. The Hall–Kier alpha value is -2.41. The van der Waals surface area contributed by atoms with Gasteiger partial charge in [0.25, 0.3) is 0 Å². The maximum absolute atomic E-state index is 12.0. The van der Waals surface area contributed by atoms with Gasteiger partial charge in [-0.05, 0) is 38.5 Å². The van der Waals surface area contributed by atoms with Crippen LogP contribution in [0.4, 0.5) is 5.69 Å². The van der Waals surface area contributed by atoms with Crippen molar-refractivity contribution in [2.75, 3.05) is 5.32 Å². The second-order valence-electron chi connectivity index (χ2n) is 6.19. The Morgan fingerprint density at radius 2 is 1.84 bits per heavy atom. The molecule has 0 aliphatic heterocycles. The molecule has 0 fully saturated rings. The molecular weight excluding hydrogens is 338 g/mol. The van der Waals surface area contributed by atoms with Crippen molar-refractivity contribution in [1.29, 1.82) is 0 Å². The van der Waals surface area contributed by atoms with Crippen molar-refractivity contribution in [3.63, 3.8) is 0 Å². The molecule has 2 amide bonds. The van der Waals surface area contributed by atoms with Crippen LogP contribution in [0.3, 0.4) is 0 Å². The van der Waals surface area contributed by atoms with Crippen molar-refractivity contribution in [1.82, 2.24) is 9.88 Å². The summed E-state index contributed by atoms with van der Waals surface area (Å²) in [7, 11) is 0. The Balaban J connectivity index is 1.85. The molecule has 134 valence electrons. The summed E-state index contributed by atoms with van der Waals surface area (Å²) in [4.78, 5) is 35.3. The van der Waals surface area contributed by atoms with E-state index in [1.165, 1.54) is 0 Å². The van der Waals surface area contributed by atoms with Gasteiger partial charge in [-0.2, -0.15) is 0 Å². The molecule has 0 unspecified atom stereocenters. The topological polar surface area (TPSA) is 80.2 Å². The second-order valence-corrected chi connectivity index (χ2v) is 7.01. The van der Waals surface area contributed by atoms with Gasteiger partial charge < -0.3 is 15.2 Å². The highest BCUT2D eigenvalue weighted by Gasteiger charge is 2.08. The van der Waals surface area contributed by atoms with Crippen LogP contribution in [-0.4, -0.2) is 22.4 Å². The Bertz CT molecular complexity index is 791. The first-order valence-corrected chi connectivity index (χ1v) is 9.06. The van der Waals surface area contributed by atoms with E-state index in [1.807, 2.05) is 32.9 Å². The average molecular weight is 361 g/mol. The lowest BCUT2D eigenvalue weighted by Crippen LogP contribution is -2.31. The lowest BCUT2D eigenvalue weighted by atomic mass is 10.1. The Kier molecular flexibility index (Phi) is 6.52. The molecule has 0 aliphatic rings. The molecule has 0 saturated heterocycles. The largest absolute Gasteiger partial charge is 0.354 e. The normalized spacial score (nSPS) is 10.7. The fourth-order valence-electron chi connectivity index (χ4n) is 2.38. The first-order valence-electron chi connectivity index (χ1n) is 8.18. The molecule has 2 N–H and O–H groups in total. The third-order valence-electron chi connectivity index (χ3n) is 3.59. The van der Waals surface area contributed by atoms with Crippen LogP contribution in [0.15, 0.2) is 34.4 Å². The highest BCUT2D eigenvalue weighted by atomic mass is 32.1. The van der Waals surface area contributed by atoms with E-state index in [0.29, 0.717) is 18.7 Å². The van der Waals surface area contributed by atoms with E-state index in [0.717, 1.165) is 22.6 Å². The molecule has 1 aromatic heterocycles. The quantitative estimate of drug-likeness (QED) is 0.794. The van der Waals surface area contributed by atoms with Gasteiger partial charge in [-0.25, -0.2) is 0 Å². The summed E-state index contributed by atoms with van der Waals surface area (Å²) in [6.07, 6.45) is 0.544. The third kappa shape index (κ3) is 5.86. The van der Waals surface area contributed by atoms with Gasteiger partial charge in [0.15, 0.2) is 0 Å². The SMILES string of the molecule is Cc1csc(=O)n1CCC(=O)Nc1ccc(CC(=O)NC(C)C)cc1. The molecule has 25 heavy (non-hydrogen) atoms. The smallest absolute Gasteiger partial charge is 0.307 e. The van der Waals surface area contributed by atoms with Crippen molar-refractivity contribution in [2.45, 2.75) is 46.2 Å². The van der Waals surface area contributed by atoms with Gasteiger partial charge >= 0.3 is 4.87 Å². The molecule has 0 bridgehead atoms. The number of amides is 2. The average Bonchev–Trinajstić information content (AvgIpc) is 2.85. The van der Waals surface area contributed by atoms with E-state index in [2.05, 4.69) is 10.6 Å². The molecule has 7 heteroatoms. The number of carbonyl (C=O) groups is 2. The maximum atomic E-state index is 12.0. The summed E-state index contributed by atoms with van der Waals surface area (Å²) in [6, 6.07) is 7.31. The van der Waals surface area contributed by atoms with E-state index in [4.69, 9.17) is 0 Å². The molecule has 0 aliphatic carbocycles. The molecule has 1 aromatic carbocycles. The molecule has 0 saturated carbocycles. The molecule has 2 aromatic rings. The van der Waals surface area contributed by atoms with E-state index < -0.39 is 0 Å². The number of carbonyl (C=O) groups excluding carboxylic acids is 2. The number of rotatable bonds is 7. The van der Waals surface area contributed by atoms with Crippen LogP contribution < -0.4 is 15.5 Å². The van der Waals surface area contributed by atoms with Crippen LogP contribution in [0, 0.1) is 6.92 Å². The second kappa shape index (κ2) is 8.62. The maximum Gasteiger partial charge on any atom is 0.307 e. The third-order valence-corrected chi connectivity index (χ3v) is 4.47. The number of nitrogens with zero attached hydrogens (tertiary/aromatic N) is 1. The minimum atomic E-state index is -0.150. The zero-order valence-electron chi connectivity index (χ0n) is 14.7. The minimum Gasteiger partial charge on any atom is -0.354 e. The number of aryl methyl sites for hydroxylation is 1. The van der Waals surface area contributed by atoms with Crippen LogP contribution in [0.5, 0.6) is 0 Å². The van der Waals surface area contributed by atoms with E-state index in [9.17, 15) is 14.4 Å². The van der Waals surface area contributed by atoms with E-state index in [1.54, 1.807) is 22.1 Å². The number of aromatic nitrogens is 1. The van der Waals surface area contributed by atoms with Gasteiger partial charge in [0.2, 0.25) is 11.8 Å². The van der Waals surface area contributed by atoms with Crippen molar-refractivity contribution < 1.29 is 9.59 Å². The molecule has 1 heterocycles. The van der Waals surface area contributed by atoms with E-state index >= 15 is 0 Å². The number of nitrogens with one attached hydrogen (secondary N) is 2. The van der Waals surface area contributed by atoms with Gasteiger partial charge in [0.1, 0.15) is 0 Å². The molecule has 0 spiro atoms. The van der Waals surface area contributed by atoms with Gasteiger partial charge in [-0.3, -0.25) is 14.4 Å². The highest BCUT2D eigenvalue weighted by Crippen LogP contribution is 2.11. The summed E-state index contributed by atoms with van der Waals surface area (Å²) in [5.74, 6) is -0.175. The van der Waals surface area contributed by atoms with Crippen LogP contribution in [-0.2, 0) is 22.6 Å². The zero-order valence-corrected chi connectivity index (χ0v) is 15.5. The standard InChI is InChI=1S/C18H23N3O3S/c1-12(2)19-17(23)10-14-4-6-15(7-5-14)20-16(22)8-9-21-13(3)11-25-18(21)24/h4-7,11-12H,8-10H2,1-3H3,(H,19,23)(H,20,22). The Morgan fingerprint density at radius 3 is 2.40 bits per heavy atom. The number of hydrogen-bond donors (Lipinski definition) is 2. The summed E-state index contributed by atoms with van der Waals surface area (Å²) in [5.41, 5.74) is 2.43. The highest BCUT2D eigenvalue weighted by molar-refractivity contribution is 7.07. The van der Waals surface area contributed by atoms with Crippen molar-refractivity contribution >= 4 is 28.8 Å². The van der Waals surface area contributed by atoms with Crippen LogP contribution in [0.1, 0.15) is 31.5 Å². The summed E-state index contributed by atoms with van der Waals surface area (Å²) >= 11 is 1.14. The number of anilines is 1. The molecule has 0 radical (unpaired) electrons. The van der Waals surface area contributed by atoms with Gasteiger partial charge in [-0.15, -0.1) is 0 Å². The summed E-state index contributed by atoms with van der Waals surface area (Å²) in [6.45, 7) is 6.06. The lowest BCUT2D eigenvalue weighted by Gasteiger charge is -2.09. The monoisotopic (exact) mass is 361 g/mol. The molecule has 6 nitrogen and oxygen atoms in total. The Morgan fingerprint density at radius 1 is 1.16 bits per heavy atom. The van der Waals surface area contributed by atoms with Crippen LogP contribution in [0.25, 0.3) is 0 Å². The van der Waals surface area contributed by atoms with Gasteiger partial charge in [0.05, 0.1) is 6.42 Å². The number of hydrogen-bond acceptors (Lipinski definition) is 4. The van der Waals surface area contributed by atoms with Crippen molar-refractivity contribution in [2.24, 2.45) is 0 Å². The fraction of sp³-hybridized carbons (Fsp3) is 0.389. The first kappa shape index (κ1) is 18.9. The fourth-order valence-corrected chi connectivity index (χ4v) is 3.14. The predicted octanol–water partition coefficient (Wildman–Crippen LogP) is 2.31. The number of benzene rings is 1. The van der Waals surface area contributed by atoms with Crippen molar-refractivity contribution in [3.8, 4) is 0 Å². The lowest BCUT2D eigenvalue weighted by molar-refractivity contribution is -0.121. The van der Waals surface area contributed by atoms with Crippen LogP contribution in [0.2, 0.25) is 0 Å². The van der Waals surface area contributed by atoms with Crippen molar-refractivity contribution in [3.05, 3.63) is 50.6 Å². The summed E-state index contributed by atoms with van der Waals surface area (Å²) < 4.78 is 1.60. The zero-order chi connectivity index (χ0) is 18.4. The molecule has 0 atom stereocenters. The number of thiazole rings is 1. The van der Waals surface area contributed by atoms with E-state index in [-0.39, 0.29) is 29.1 Å². The van der Waals surface area contributed by atoms with Gasteiger partial charge in [-0.1, -0.05) is 23.5 Å². The predicted molar refractivity (Wildman–Crippen MR) is 100.0 cm³/mol. The minimum absolute atomic E-state index is 0.0247. The summed E-state index contributed by atoms with van der Waals surface area (Å²) in [5, 5.41) is 7.43. The van der Waals surface area contributed by atoms with Gasteiger partial charge in [0, 0.05) is 35.8 Å². The molecule has 2 rings (SSSR count). The Labute approximate surface area is 150 Å².